The molecule has 0 spiro atoms. The average molecular weight is 280 g/mol. The van der Waals surface area contributed by atoms with E-state index in [1.54, 1.807) is 0 Å². The summed E-state index contributed by atoms with van der Waals surface area (Å²) in [5, 5.41) is 0. The van der Waals surface area contributed by atoms with Crippen molar-refractivity contribution >= 4 is 0 Å². The van der Waals surface area contributed by atoms with E-state index in [1.807, 2.05) is 6.07 Å². The molecule has 1 saturated carbocycles. The molecule has 2 aromatic carbocycles. The SMILES string of the molecule is CN(CC(N)c1ccc(-c2ccccc2)cc1)C1CCC1. The minimum absolute atomic E-state index is 0.0976. The highest BCUT2D eigenvalue weighted by Gasteiger charge is 2.23. The lowest BCUT2D eigenvalue weighted by molar-refractivity contribution is 0.152. The highest BCUT2D eigenvalue weighted by Crippen LogP contribution is 2.26. The van der Waals surface area contributed by atoms with Crippen LogP contribution >= 0.6 is 0 Å². The molecule has 0 bridgehead atoms. The maximum Gasteiger partial charge on any atom is 0.0424 e. The molecular weight excluding hydrogens is 256 g/mol. The molecule has 0 aliphatic heterocycles. The fourth-order valence-electron chi connectivity index (χ4n) is 2.95. The molecule has 2 nitrogen and oxygen atoms in total. The van der Waals surface area contributed by atoms with Gasteiger partial charge in [-0.3, -0.25) is 0 Å². The summed E-state index contributed by atoms with van der Waals surface area (Å²) < 4.78 is 0. The summed E-state index contributed by atoms with van der Waals surface area (Å²) in [5.41, 5.74) is 10.1. The minimum Gasteiger partial charge on any atom is -0.323 e. The van der Waals surface area contributed by atoms with Gasteiger partial charge in [0.05, 0.1) is 0 Å². The normalized spacial score (nSPS) is 16.7. The van der Waals surface area contributed by atoms with Crippen LogP contribution in [0, 0.1) is 0 Å². The Bertz CT molecular complexity index is 558. The average Bonchev–Trinajstić information content (AvgIpc) is 2.46. The Balaban J connectivity index is 1.66. The van der Waals surface area contributed by atoms with Crippen LogP contribution in [0.25, 0.3) is 11.1 Å². The molecule has 21 heavy (non-hydrogen) atoms. The van der Waals surface area contributed by atoms with Crippen LogP contribution in [0.4, 0.5) is 0 Å². The Labute approximate surface area is 127 Å². The third-order valence-electron chi connectivity index (χ3n) is 4.63. The van der Waals surface area contributed by atoms with E-state index in [2.05, 4.69) is 60.5 Å². The van der Waals surface area contributed by atoms with Crippen LogP contribution in [0.2, 0.25) is 0 Å². The molecule has 0 heterocycles. The molecule has 110 valence electrons. The van der Waals surface area contributed by atoms with Crippen molar-refractivity contribution in [1.29, 1.82) is 0 Å². The van der Waals surface area contributed by atoms with Crippen molar-refractivity contribution in [2.75, 3.05) is 13.6 Å². The van der Waals surface area contributed by atoms with Crippen LogP contribution < -0.4 is 5.73 Å². The van der Waals surface area contributed by atoms with Gasteiger partial charge in [0.25, 0.3) is 0 Å². The van der Waals surface area contributed by atoms with Crippen molar-refractivity contribution in [3.05, 3.63) is 60.2 Å². The number of rotatable bonds is 5. The Morgan fingerprint density at radius 3 is 2.19 bits per heavy atom. The summed E-state index contributed by atoms with van der Waals surface area (Å²) in [4.78, 5) is 2.42. The lowest BCUT2D eigenvalue weighted by Gasteiger charge is -2.36. The summed E-state index contributed by atoms with van der Waals surface area (Å²) >= 11 is 0. The van der Waals surface area contributed by atoms with Gasteiger partial charge in [-0.15, -0.1) is 0 Å². The molecule has 0 saturated heterocycles. The fraction of sp³-hybridized carbons (Fsp3) is 0.368. The summed E-state index contributed by atoms with van der Waals surface area (Å²) in [7, 11) is 2.20. The van der Waals surface area contributed by atoms with Crippen molar-refractivity contribution in [2.45, 2.75) is 31.3 Å². The van der Waals surface area contributed by atoms with Gasteiger partial charge in [-0.1, -0.05) is 61.0 Å². The van der Waals surface area contributed by atoms with Crippen molar-refractivity contribution in [1.82, 2.24) is 4.90 Å². The standard InChI is InChI=1S/C19H24N2/c1-21(18-8-5-9-18)14-19(20)17-12-10-16(11-13-17)15-6-3-2-4-7-15/h2-4,6-7,10-13,18-19H,5,8-9,14,20H2,1H3. The Kier molecular flexibility index (Phi) is 4.37. The number of benzene rings is 2. The predicted molar refractivity (Wildman–Crippen MR) is 89.1 cm³/mol. The van der Waals surface area contributed by atoms with Gasteiger partial charge < -0.3 is 10.6 Å². The molecular formula is C19H24N2. The van der Waals surface area contributed by atoms with Crippen LogP contribution in [0.15, 0.2) is 54.6 Å². The molecule has 1 unspecified atom stereocenters. The summed E-state index contributed by atoms with van der Waals surface area (Å²) in [6.07, 6.45) is 4.03. The van der Waals surface area contributed by atoms with Gasteiger partial charge in [-0.05, 0) is 36.6 Å². The molecule has 3 rings (SSSR count). The minimum atomic E-state index is 0.0976. The lowest BCUT2D eigenvalue weighted by atomic mass is 9.91. The van der Waals surface area contributed by atoms with E-state index in [-0.39, 0.29) is 6.04 Å². The molecule has 1 fully saturated rings. The van der Waals surface area contributed by atoms with Gasteiger partial charge in [-0.25, -0.2) is 0 Å². The van der Waals surface area contributed by atoms with E-state index in [0.717, 1.165) is 12.6 Å². The second kappa shape index (κ2) is 6.42. The zero-order valence-electron chi connectivity index (χ0n) is 12.7. The first-order valence-corrected chi connectivity index (χ1v) is 7.85. The highest BCUT2D eigenvalue weighted by molar-refractivity contribution is 5.63. The van der Waals surface area contributed by atoms with Gasteiger partial charge in [0.1, 0.15) is 0 Å². The van der Waals surface area contributed by atoms with Gasteiger partial charge in [0.15, 0.2) is 0 Å². The molecule has 2 aromatic rings. The van der Waals surface area contributed by atoms with E-state index < -0.39 is 0 Å². The van der Waals surface area contributed by atoms with E-state index in [1.165, 1.54) is 36.0 Å². The molecule has 1 atom stereocenters. The van der Waals surface area contributed by atoms with E-state index >= 15 is 0 Å². The predicted octanol–water partition coefficient (Wildman–Crippen LogP) is 3.84. The first-order valence-electron chi connectivity index (χ1n) is 7.85. The second-order valence-electron chi connectivity index (χ2n) is 6.12. The largest absolute Gasteiger partial charge is 0.323 e. The summed E-state index contributed by atoms with van der Waals surface area (Å²) in [6, 6.07) is 20.0. The van der Waals surface area contributed by atoms with Crippen molar-refractivity contribution in [2.24, 2.45) is 5.73 Å². The van der Waals surface area contributed by atoms with Crippen molar-refractivity contribution in [3.63, 3.8) is 0 Å². The molecule has 2 N–H and O–H groups in total. The van der Waals surface area contributed by atoms with Crippen LogP contribution in [0.3, 0.4) is 0 Å². The van der Waals surface area contributed by atoms with E-state index in [9.17, 15) is 0 Å². The van der Waals surface area contributed by atoms with Crippen LogP contribution in [0.1, 0.15) is 30.9 Å². The van der Waals surface area contributed by atoms with Crippen molar-refractivity contribution in [3.8, 4) is 11.1 Å². The maximum atomic E-state index is 6.36. The molecule has 2 heteroatoms. The molecule has 0 radical (unpaired) electrons. The number of hydrogen-bond donors (Lipinski definition) is 1. The van der Waals surface area contributed by atoms with Gasteiger partial charge in [-0.2, -0.15) is 0 Å². The molecule has 1 aliphatic rings. The smallest absolute Gasteiger partial charge is 0.0424 e. The van der Waals surface area contributed by atoms with E-state index in [4.69, 9.17) is 5.73 Å². The summed E-state index contributed by atoms with van der Waals surface area (Å²) in [5.74, 6) is 0. The lowest BCUT2D eigenvalue weighted by Crippen LogP contribution is -2.41. The van der Waals surface area contributed by atoms with Crippen LogP contribution in [0.5, 0.6) is 0 Å². The molecule has 0 amide bonds. The first kappa shape index (κ1) is 14.3. The quantitative estimate of drug-likeness (QED) is 0.901. The van der Waals surface area contributed by atoms with Crippen molar-refractivity contribution < 1.29 is 0 Å². The van der Waals surface area contributed by atoms with E-state index in [0.29, 0.717) is 0 Å². The van der Waals surface area contributed by atoms with Gasteiger partial charge >= 0.3 is 0 Å². The van der Waals surface area contributed by atoms with Gasteiger partial charge in [0.2, 0.25) is 0 Å². The monoisotopic (exact) mass is 280 g/mol. The Hall–Kier alpha value is -1.64. The number of hydrogen-bond acceptors (Lipinski definition) is 2. The first-order chi connectivity index (χ1) is 10.2. The number of nitrogens with zero attached hydrogens (tertiary/aromatic N) is 1. The number of likely N-dealkylation sites (N-methyl/N-ethyl adjacent to an activating group) is 1. The second-order valence-corrected chi connectivity index (χ2v) is 6.12. The van der Waals surface area contributed by atoms with Crippen LogP contribution in [-0.4, -0.2) is 24.5 Å². The fourth-order valence-corrected chi connectivity index (χ4v) is 2.95. The molecule has 1 aliphatic carbocycles. The summed E-state index contributed by atoms with van der Waals surface area (Å²) in [6.45, 7) is 0.940. The highest BCUT2D eigenvalue weighted by atomic mass is 15.1. The number of nitrogens with two attached hydrogens (primary N) is 1. The molecule has 0 aromatic heterocycles. The van der Waals surface area contributed by atoms with Gasteiger partial charge in [0, 0.05) is 18.6 Å². The maximum absolute atomic E-state index is 6.36. The third-order valence-corrected chi connectivity index (χ3v) is 4.63. The zero-order chi connectivity index (χ0) is 14.7. The van der Waals surface area contributed by atoms with Crippen LogP contribution in [-0.2, 0) is 0 Å². The third kappa shape index (κ3) is 3.34. The zero-order valence-corrected chi connectivity index (χ0v) is 12.7. The topological polar surface area (TPSA) is 29.3 Å². The Morgan fingerprint density at radius 2 is 1.62 bits per heavy atom. The Morgan fingerprint density at radius 1 is 1.00 bits per heavy atom.